The van der Waals surface area contributed by atoms with Crippen LogP contribution in [0.3, 0.4) is 0 Å². The first-order valence-corrected chi connectivity index (χ1v) is 9.25. The highest BCUT2D eigenvalue weighted by atomic mass is 16.6. The van der Waals surface area contributed by atoms with E-state index < -0.39 is 12.3 Å². The van der Waals surface area contributed by atoms with Gasteiger partial charge in [-0.1, -0.05) is 0 Å². The monoisotopic (exact) mass is 370 g/mol. The van der Waals surface area contributed by atoms with E-state index in [1.54, 1.807) is 19.6 Å². The van der Waals surface area contributed by atoms with E-state index in [2.05, 4.69) is 0 Å². The summed E-state index contributed by atoms with van der Waals surface area (Å²) >= 11 is 0. The Morgan fingerprint density at radius 1 is 0.769 bits per heavy atom. The number of hydrogen-bond acceptors (Lipinski definition) is 6. The molecule has 0 aromatic heterocycles. The minimum atomic E-state index is -0.400. The maximum atomic E-state index is 13.0. The Labute approximate surface area is 151 Å². The molecule has 4 unspecified atom stereocenters. The van der Waals surface area contributed by atoms with Crippen molar-refractivity contribution in [1.82, 2.24) is 19.6 Å². The fraction of sp³-hybridized carbons (Fsp3) is 0.875. The van der Waals surface area contributed by atoms with Crippen LogP contribution in [0.4, 0.5) is 9.59 Å². The second-order valence-electron chi connectivity index (χ2n) is 7.15. The number of hydrogen-bond donors (Lipinski definition) is 2. The Morgan fingerprint density at radius 3 is 1.46 bits per heavy atom. The zero-order valence-electron chi connectivity index (χ0n) is 14.7. The zero-order chi connectivity index (χ0) is 18.3. The summed E-state index contributed by atoms with van der Waals surface area (Å²) in [6.45, 7) is 2.91. The van der Waals surface area contributed by atoms with Gasteiger partial charge in [0.15, 0.2) is 0 Å². The van der Waals surface area contributed by atoms with Crippen LogP contribution in [0.1, 0.15) is 12.8 Å². The van der Waals surface area contributed by atoms with Crippen molar-refractivity contribution >= 4 is 12.1 Å². The van der Waals surface area contributed by atoms with Crippen molar-refractivity contribution < 1.29 is 29.3 Å². The summed E-state index contributed by atoms with van der Waals surface area (Å²) < 4.78 is 10.6. The standard InChI is InChI=1S/C16H26N4O6/c21-5-1-3-17-13-14(20(15(17)23)8-12-10-26-12)18(4-2-6-22)16(24)19(13)7-11-9-25-11/h11-14,21-22H,1-10H2. The number of urea groups is 2. The average Bonchev–Trinajstić information content (AvgIpc) is 3.54. The number of nitrogens with zero attached hydrogens (tertiary/aromatic N) is 4. The molecule has 10 heteroatoms. The SMILES string of the molecule is O=C1N(CCCO)C2C(N(CCCO)C(=O)N2CC2CO2)N1CC1CO1. The molecule has 146 valence electrons. The number of carbonyl (C=O) groups is 2. The van der Waals surface area contributed by atoms with E-state index in [9.17, 15) is 19.8 Å². The molecule has 4 saturated heterocycles. The maximum Gasteiger partial charge on any atom is 0.323 e. The quantitative estimate of drug-likeness (QED) is 0.461. The number of fused-ring (bicyclic) bond motifs is 1. The fourth-order valence-corrected chi connectivity index (χ4v) is 3.86. The Hall–Kier alpha value is -1.62. The molecule has 0 aromatic rings. The Balaban J connectivity index is 1.61. The van der Waals surface area contributed by atoms with Gasteiger partial charge in [-0.25, -0.2) is 9.59 Å². The third kappa shape index (κ3) is 3.22. The van der Waals surface area contributed by atoms with Crippen molar-refractivity contribution in [2.75, 3.05) is 52.6 Å². The summed E-state index contributed by atoms with van der Waals surface area (Å²) in [5.74, 6) is 0. The lowest BCUT2D eigenvalue weighted by atomic mass is 10.3. The third-order valence-electron chi connectivity index (χ3n) is 5.25. The topological polar surface area (TPSA) is 113 Å². The van der Waals surface area contributed by atoms with E-state index in [-0.39, 0.29) is 37.5 Å². The van der Waals surface area contributed by atoms with Gasteiger partial charge in [0.2, 0.25) is 0 Å². The van der Waals surface area contributed by atoms with Gasteiger partial charge in [-0.05, 0) is 12.8 Å². The van der Waals surface area contributed by atoms with Crippen molar-refractivity contribution in [3.63, 3.8) is 0 Å². The van der Waals surface area contributed by atoms with Crippen molar-refractivity contribution in [1.29, 1.82) is 0 Å². The molecule has 2 N–H and O–H groups in total. The molecule has 4 atom stereocenters. The first kappa shape index (κ1) is 17.8. The van der Waals surface area contributed by atoms with E-state index in [1.807, 2.05) is 0 Å². The summed E-state index contributed by atoms with van der Waals surface area (Å²) in [5, 5.41) is 18.4. The molecule has 26 heavy (non-hydrogen) atoms. The van der Waals surface area contributed by atoms with Crippen LogP contribution in [0.5, 0.6) is 0 Å². The Kier molecular flexibility index (Phi) is 4.91. The smallest absolute Gasteiger partial charge is 0.323 e. The van der Waals surface area contributed by atoms with Crippen molar-refractivity contribution in [2.45, 2.75) is 37.4 Å². The molecule has 0 radical (unpaired) electrons. The Morgan fingerprint density at radius 2 is 1.15 bits per heavy atom. The van der Waals surface area contributed by atoms with E-state index >= 15 is 0 Å². The number of aliphatic hydroxyl groups excluding tert-OH is 2. The lowest BCUT2D eigenvalue weighted by Gasteiger charge is -2.29. The molecule has 0 spiro atoms. The molecule has 4 rings (SSSR count). The lowest BCUT2D eigenvalue weighted by molar-refractivity contribution is 0.111. The molecule has 4 aliphatic rings. The molecule has 10 nitrogen and oxygen atoms in total. The van der Waals surface area contributed by atoms with Crippen LogP contribution < -0.4 is 0 Å². The van der Waals surface area contributed by atoms with Crippen LogP contribution in [0, 0.1) is 0 Å². The van der Waals surface area contributed by atoms with Crippen molar-refractivity contribution in [2.24, 2.45) is 0 Å². The largest absolute Gasteiger partial charge is 0.396 e. The van der Waals surface area contributed by atoms with Gasteiger partial charge in [0, 0.05) is 26.3 Å². The number of rotatable bonds is 10. The first-order valence-electron chi connectivity index (χ1n) is 9.25. The molecule has 4 aliphatic heterocycles. The molecule has 0 aromatic carbocycles. The molecular weight excluding hydrogens is 344 g/mol. The van der Waals surface area contributed by atoms with Gasteiger partial charge >= 0.3 is 12.1 Å². The first-order chi connectivity index (χ1) is 12.7. The highest BCUT2D eigenvalue weighted by molar-refractivity contribution is 5.85. The predicted octanol–water partition coefficient (Wildman–Crippen LogP) is -1.32. The maximum absolute atomic E-state index is 13.0. The van der Waals surface area contributed by atoms with Crippen LogP contribution in [0.2, 0.25) is 0 Å². The third-order valence-corrected chi connectivity index (χ3v) is 5.25. The summed E-state index contributed by atoms with van der Waals surface area (Å²) in [7, 11) is 0. The molecule has 0 bridgehead atoms. The molecule has 0 saturated carbocycles. The molecule has 0 aliphatic carbocycles. The lowest BCUT2D eigenvalue weighted by Crippen LogP contribution is -2.48. The second-order valence-corrected chi connectivity index (χ2v) is 7.15. The second kappa shape index (κ2) is 7.18. The predicted molar refractivity (Wildman–Crippen MR) is 88.1 cm³/mol. The van der Waals surface area contributed by atoms with Crippen molar-refractivity contribution in [3.8, 4) is 0 Å². The number of amides is 4. The number of aliphatic hydroxyl groups is 2. The van der Waals surface area contributed by atoms with Gasteiger partial charge in [0.05, 0.1) is 38.5 Å². The van der Waals surface area contributed by atoms with Gasteiger partial charge in [-0.2, -0.15) is 0 Å². The fourth-order valence-electron chi connectivity index (χ4n) is 3.86. The Bertz CT molecular complexity index is 507. The normalized spacial score (nSPS) is 32.7. The van der Waals surface area contributed by atoms with E-state index in [4.69, 9.17) is 9.47 Å². The molecule has 4 heterocycles. The van der Waals surface area contributed by atoms with Gasteiger partial charge in [0.25, 0.3) is 0 Å². The van der Waals surface area contributed by atoms with Gasteiger partial charge in [-0.3, -0.25) is 19.6 Å². The number of carbonyl (C=O) groups excluding carboxylic acids is 2. The van der Waals surface area contributed by atoms with Gasteiger partial charge in [0.1, 0.15) is 12.3 Å². The van der Waals surface area contributed by atoms with E-state index in [1.165, 1.54) is 0 Å². The summed E-state index contributed by atoms with van der Waals surface area (Å²) in [4.78, 5) is 32.8. The summed E-state index contributed by atoms with van der Waals surface area (Å²) in [6.07, 6.45) is 0.162. The summed E-state index contributed by atoms with van der Waals surface area (Å²) in [5.41, 5.74) is 0. The highest BCUT2D eigenvalue weighted by Gasteiger charge is 2.59. The minimum absolute atomic E-state index is 0.0131. The molecular formula is C16H26N4O6. The minimum Gasteiger partial charge on any atom is -0.396 e. The average molecular weight is 370 g/mol. The number of ether oxygens (including phenoxy) is 2. The van der Waals surface area contributed by atoms with E-state index in [0.717, 1.165) is 0 Å². The van der Waals surface area contributed by atoms with Crippen molar-refractivity contribution in [3.05, 3.63) is 0 Å². The number of epoxide rings is 2. The van der Waals surface area contributed by atoms with Crippen LogP contribution in [0.25, 0.3) is 0 Å². The van der Waals surface area contributed by atoms with Crippen LogP contribution in [-0.4, -0.2) is 119 Å². The van der Waals surface area contributed by atoms with E-state index in [0.29, 0.717) is 52.2 Å². The highest BCUT2D eigenvalue weighted by Crippen LogP contribution is 2.37. The zero-order valence-corrected chi connectivity index (χ0v) is 14.7. The molecule has 4 fully saturated rings. The van der Waals surface area contributed by atoms with Gasteiger partial charge in [-0.15, -0.1) is 0 Å². The van der Waals surface area contributed by atoms with Crippen LogP contribution in [0.15, 0.2) is 0 Å². The van der Waals surface area contributed by atoms with Crippen LogP contribution >= 0.6 is 0 Å². The summed E-state index contributed by atoms with van der Waals surface area (Å²) in [6, 6.07) is -0.265. The van der Waals surface area contributed by atoms with Gasteiger partial charge < -0.3 is 19.7 Å². The van der Waals surface area contributed by atoms with Crippen LogP contribution in [-0.2, 0) is 9.47 Å². The molecule has 4 amide bonds.